The summed E-state index contributed by atoms with van der Waals surface area (Å²) in [7, 11) is 0. The maximum atomic E-state index is 6.15. The molecule has 1 saturated heterocycles. The molecule has 0 aromatic heterocycles. The highest BCUT2D eigenvalue weighted by molar-refractivity contribution is 9.08. The van der Waals surface area contributed by atoms with E-state index in [0.717, 1.165) is 29.4 Å². The van der Waals surface area contributed by atoms with Crippen molar-refractivity contribution in [2.75, 3.05) is 37.6 Å². The fourth-order valence-corrected chi connectivity index (χ4v) is 3.42. The summed E-state index contributed by atoms with van der Waals surface area (Å²) in [6.45, 7) is 5.92. The van der Waals surface area contributed by atoms with E-state index in [1.54, 1.807) is 0 Å². The zero-order valence-electron chi connectivity index (χ0n) is 11.1. The Morgan fingerprint density at radius 2 is 1.89 bits per heavy atom. The summed E-state index contributed by atoms with van der Waals surface area (Å²) in [4.78, 5) is 5.10. The molecule has 1 aliphatic carbocycles. The highest BCUT2D eigenvalue weighted by atomic mass is 79.9. The lowest BCUT2D eigenvalue weighted by atomic mass is 10.1. The molecule has 2 nitrogen and oxygen atoms in total. The normalized spacial score (nSPS) is 20.8. The van der Waals surface area contributed by atoms with Crippen LogP contribution in [-0.4, -0.2) is 37.6 Å². The first-order chi connectivity index (χ1) is 9.26. The van der Waals surface area contributed by atoms with E-state index in [9.17, 15) is 0 Å². The molecular weight excluding hydrogens is 324 g/mol. The van der Waals surface area contributed by atoms with Gasteiger partial charge < -0.3 is 4.90 Å². The second-order valence-corrected chi connectivity index (χ2v) is 6.63. The predicted molar refractivity (Wildman–Crippen MR) is 85.5 cm³/mol. The van der Waals surface area contributed by atoms with Gasteiger partial charge in [-0.15, -0.1) is 0 Å². The van der Waals surface area contributed by atoms with Crippen LogP contribution < -0.4 is 4.90 Å². The van der Waals surface area contributed by atoms with Crippen molar-refractivity contribution in [2.45, 2.75) is 18.2 Å². The molecule has 4 heteroatoms. The second kappa shape index (κ2) is 6.02. The number of anilines is 1. The molecule has 0 atom stereocenters. The highest BCUT2D eigenvalue weighted by Gasteiger charge is 2.26. The molecule has 0 bridgehead atoms. The largest absolute Gasteiger partial charge is 0.369 e. The van der Waals surface area contributed by atoms with Crippen LogP contribution in [0.5, 0.6) is 0 Å². The van der Waals surface area contributed by atoms with Crippen molar-refractivity contribution in [3.8, 4) is 0 Å². The summed E-state index contributed by atoms with van der Waals surface area (Å²) < 4.78 is 0. The topological polar surface area (TPSA) is 6.48 Å². The summed E-state index contributed by atoms with van der Waals surface area (Å²) in [5, 5.41) is 1.72. The van der Waals surface area contributed by atoms with Gasteiger partial charge >= 0.3 is 0 Å². The molecule has 0 N–H and O–H groups in total. The second-order valence-electron chi connectivity index (χ2n) is 5.64. The van der Waals surface area contributed by atoms with Crippen LogP contribution in [0.2, 0.25) is 5.02 Å². The smallest absolute Gasteiger partial charge is 0.0426 e. The van der Waals surface area contributed by atoms with Crippen LogP contribution >= 0.6 is 27.5 Å². The van der Waals surface area contributed by atoms with Crippen molar-refractivity contribution in [3.05, 3.63) is 28.8 Å². The molecule has 104 valence electrons. The van der Waals surface area contributed by atoms with E-state index in [0.29, 0.717) is 0 Å². The molecule has 0 radical (unpaired) electrons. The van der Waals surface area contributed by atoms with Gasteiger partial charge in [0.15, 0.2) is 0 Å². The molecule has 1 aliphatic heterocycles. The van der Waals surface area contributed by atoms with Gasteiger partial charge in [-0.05, 0) is 36.5 Å². The van der Waals surface area contributed by atoms with Crippen molar-refractivity contribution < 1.29 is 0 Å². The molecule has 19 heavy (non-hydrogen) atoms. The van der Waals surface area contributed by atoms with Crippen molar-refractivity contribution >= 4 is 33.2 Å². The van der Waals surface area contributed by atoms with E-state index in [2.05, 4.69) is 37.9 Å². The van der Waals surface area contributed by atoms with Gasteiger partial charge in [-0.2, -0.15) is 0 Å². The molecule has 2 aliphatic rings. The number of nitrogens with zero attached hydrogens (tertiary/aromatic N) is 2. The van der Waals surface area contributed by atoms with Crippen LogP contribution in [0.4, 0.5) is 5.69 Å². The Hall–Kier alpha value is -0.250. The first-order valence-electron chi connectivity index (χ1n) is 7.08. The lowest BCUT2D eigenvalue weighted by Gasteiger charge is -2.37. The maximum Gasteiger partial charge on any atom is 0.0426 e. The van der Waals surface area contributed by atoms with Crippen molar-refractivity contribution in [1.29, 1.82) is 0 Å². The Kier molecular flexibility index (Phi) is 4.35. The molecule has 1 saturated carbocycles. The standard InChI is InChI=1S/C15H20BrClN2/c16-10-13-3-4-14(17)9-15(13)19-7-5-18(6-8-19)11-12-1-2-12/h3-4,9,12H,1-2,5-8,10-11H2. The lowest BCUT2D eigenvalue weighted by Crippen LogP contribution is -2.47. The van der Waals surface area contributed by atoms with Crippen LogP contribution in [0.15, 0.2) is 18.2 Å². The van der Waals surface area contributed by atoms with E-state index in [4.69, 9.17) is 11.6 Å². The summed E-state index contributed by atoms with van der Waals surface area (Å²) in [6.07, 6.45) is 2.89. The van der Waals surface area contributed by atoms with Gasteiger partial charge in [-0.1, -0.05) is 33.6 Å². The molecule has 2 fully saturated rings. The van der Waals surface area contributed by atoms with Gasteiger partial charge in [0.1, 0.15) is 0 Å². The fraction of sp³-hybridized carbons (Fsp3) is 0.600. The van der Waals surface area contributed by atoms with Gasteiger partial charge in [-0.25, -0.2) is 0 Å². The van der Waals surface area contributed by atoms with Gasteiger partial charge in [0.05, 0.1) is 0 Å². The number of benzene rings is 1. The van der Waals surface area contributed by atoms with Crippen molar-refractivity contribution in [1.82, 2.24) is 4.90 Å². The van der Waals surface area contributed by atoms with Crippen LogP contribution in [0.3, 0.4) is 0 Å². The molecule has 1 heterocycles. The summed E-state index contributed by atoms with van der Waals surface area (Å²) in [5.74, 6) is 0.996. The number of rotatable bonds is 4. The van der Waals surface area contributed by atoms with Gasteiger partial charge in [0, 0.05) is 48.8 Å². The molecule has 3 rings (SSSR count). The Morgan fingerprint density at radius 3 is 2.53 bits per heavy atom. The van der Waals surface area contributed by atoms with E-state index in [1.807, 2.05) is 6.07 Å². The van der Waals surface area contributed by atoms with E-state index in [-0.39, 0.29) is 0 Å². The number of halogens is 2. The Labute approximate surface area is 128 Å². The molecule has 0 spiro atoms. The third-order valence-electron chi connectivity index (χ3n) is 4.12. The average Bonchev–Trinajstić information content (AvgIpc) is 3.23. The van der Waals surface area contributed by atoms with E-state index < -0.39 is 0 Å². The third kappa shape index (κ3) is 3.45. The summed E-state index contributed by atoms with van der Waals surface area (Å²) in [6, 6.07) is 6.21. The average molecular weight is 344 g/mol. The predicted octanol–water partition coefficient (Wildman–Crippen LogP) is 3.77. The zero-order chi connectivity index (χ0) is 13.2. The highest BCUT2D eigenvalue weighted by Crippen LogP contribution is 2.31. The fourth-order valence-electron chi connectivity index (χ4n) is 2.78. The quantitative estimate of drug-likeness (QED) is 0.768. The SMILES string of the molecule is Clc1ccc(CBr)c(N2CCN(CC3CC3)CC2)c1. The van der Waals surface area contributed by atoms with Crippen LogP contribution in [0, 0.1) is 5.92 Å². The minimum Gasteiger partial charge on any atom is -0.369 e. The number of piperazine rings is 1. The maximum absolute atomic E-state index is 6.15. The molecule has 1 aromatic rings. The van der Waals surface area contributed by atoms with E-state index >= 15 is 0 Å². The first kappa shape index (κ1) is 13.7. The van der Waals surface area contributed by atoms with Crippen LogP contribution in [-0.2, 0) is 5.33 Å². The molecule has 0 unspecified atom stereocenters. The Morgan fingerprint density at radius 1 is 1.16 bits per heavy atom. The molecular formula is C15H20BrClN2. The Balaban J connectivity index is 1.65. The summed E-state index contributed by atoms with van der Waals surface area (Å²) in [5.41, 5.74) is 2.63. The Bertz CT molecular complexity index is 440. The van der Waals surface area contributed by atoms with Crippen LogP contribution in [0.1, 0.15) is 18.4 Å². The van der Waals surface area contributed by atoms with Gasteiger partial charge in [-0.3, -0.25) is 4.90 Å². The van der Waals surface area contributed by atoms with Gasteiger partial charge in [0.25, 0.3) is 0 Å². The van der Waals surface area contributed by atoms with Crippen LogP contribution in [0.25, 0.3) is 0 Å². The molecule has 0 amide bonds. The van der Waals surface area contributed by atoms with Crippen molar-refractivity contribution in [2.24, 2.45) is 5.92 Å². The summed E-state index contributed by atoms with van der Waals surface area (Å²) >= 11 is 9.72. The minimum atomic E-state index is 0.833. The number of hydrogen-bond donors (Lipinski definition) is 0. The van der Waals surface area contributed by atoms with Gasteiger partial charge in [0.2, 0.25) is 0 Å². The first-order valence-corrected chi connectivity index (χ1v) is 8.58. The number of alkyl halides is 1. The minimum absolute atomic E-state index is 0.833. The lowest BCUT2D eigenvalue weighted by molar-refractivity contribution is 0.248. The molecule has 1 aromatic carbocycles. The third-order valence-corrected chi connectivity index (χ3v) is 4.96. The number of hydrogen-bond acceptors (Lipinski definition) is 2. The van der Waals surface area contributed by atoms with Crippen molar-refractivity contribution in [3.63, 3.8) is 0 Å². The zero-order valence-corrected chi connectivity index (χ0v) is 13.5. The van der Waals surface area contributed by atoms with E-state index in [1.165, 1.54) is 43.7 Å². The monoisotopic (exact) mass is 342 g/mol.